The smallest absolute Gasteiger partial charge is 0.420 e. The molecule has 46 heavy (non-hydrogen) atoms. The largest absolute Gasteiger partial charge is 0.458 e. The standard InChI is InChI=1S/C36H59N3O7/c1-14-29-36(11,46-34(42)39-16-15-37-20-39)19-22(3)30(40)21(2)18-35(9,10)31(25(6)24(5)26(7)32(41)44-29)45-33-27(8)28(38(12)13)17-23(4)43-33/h15-16,19-21,23-29,31,33H,14,17-18H2,1-13H3/b22-19+/t21?,23?,24-,25?,26?,27+,28?,29+,31?,33?,36?/m0/s1. The number of allylic oxidation sites excluding steroid dienone is 1. The van der Waals surface area contributed by atoms with Crippen LogP contribution in [0.3, 0.4) is 0 Å². The van der Waals surface area contributed by atoms with E-state index in [9.17, 15) is 14.4 Å². The second kappa shape index (κ2) is 15.1. The SMILES string of the molecule is CC[C@H]1OC(=O)C(C)[C@@H](C)C(C)C(OC2OC(C)CC(N(C)C)[C@H]2C)C(C)(C)CC(C)C(=O)/C(C)=C/C1(C)OC(=O)n1ccnc1. The van der Waals surface area contributed by atoms with Crippen LogP contribution in [0.2, 0.25) is 0 Å². The molecule has 3 rings (SSSR count). The van der Waals surface area contributed by atoms with Crippen molar-refractivity contribution in [3.8, 4) is 0 Å². The molecule has 0 radical (unpaired) electrons. The number of hydrogen-bond donors (Lipinski definition) is 0. The Morgan fingerprint density at radius 3 is 2.28 bits per heavy atom. The molecule has 3 heterocycles. The summed E-state index contributed by atoms with van der Waals surface area (Å²) in [5.41, 5.74) is -1.43. The first-order chi connectivity index (χ1) is 21.3. The van der Waals surface area contributed by atoms with Gasteiger partial charge in [0.25, 0.3) is 0 Å². The van der Waals surface area contributed by atoms with Gasteiger partial charge < -0.3 is 23.8 Å². The fourth-order valence-corrected chi connectivity index (χ4v) is 7.63. The van der Waals surface area contributed by atoms with E-state index in [1.165, 1.54) is 23.3 Å². The number of ketones is 1. The summed E-state index contributed by atoms with van der Waals surface area (Å²) in [4.78, 5) is 47.1. The van der Waals surface area contributed by atoms with Crippen LogP contribution in [-0.2, 0) is 28.5 Å². The highest BCUT2D eigenvalue weighted by molar-refractivity contribution is 5.96. The Morgan fingerprint density at radius 2 is 1.72 bits per heavy atom. The number of aromatic nitrogens is 2. The van der Waals surface area contributed by atoms with Crippen molar-refractivity contribution in [2.45, 2.75) is 132 Å². The molecule has 0 aromatic carbocycles. The summed E-state index contributed by atoms with van der Waals surface area (Å²) in [5, 5.41) is 0. The fourth-order valence-electron chi connectivity index (χ4n) is 7.63. The second-order valence-electron chi connectivity index (χ2n) is 15.1. The third kappa shape index (κ3) is 8.47. The van der Waals surface area contributed by atoms with Crippen molar-refractivity contribution < 1.29 is 33.3 Å². The zero-order chi connectivity index (χ0) is 34.7. The lowest BCUT2D eigenvalue weighted by atomic mass is 9.68. The van der Waals surface area contributed by atoms with E-state index in [1.54, 1.807) is 19.9 Å². The third-order valence-corrected chi connectivity index (χ3v) is 10.6. The van der Waals surface area contributed by atoms with Crippen molar-refractivity contribution in [1.29, 1.82) is 0 Å². The Balaban J connectivity index is 2.06. The molecule has 0 spiro atoms. The monoisotopic (exact) mass is 645 g/mol. The summed E-state index contributed by atoms with van der Waals surface area (Å²) in [6, 6.07) is 0.299. The number of ether oxygens (including phenoxy) is 4. The number of nitrogens with zero attached hydrogens (tertiary/aromatic N) is 3. The Hall–Kier alpha value is -2.56. The molecule has 2 aliphatic rings. The molecule has 0 amide bonds. The lowest BCUT2D eigenvalue weighted by molar-refractivity contribution is -0.272. The minimum atomic E-state index is -1.40. The van der Waals surface area contributed by atoms with Crippen molar-refractivity contribution in [2.24, 2.45) is 35.0 Å². The molecule has 8 unspecified atom stereocenters. The zero-order valence-electron chi connectivity index (χ0n) is 30.4. The van der Waals surface area contributed by atoms with Gasteiger partial charge in [0.1, 0.15) is 12.4 Å². The molecule has 1 aromatic heterocycles. The molecule has 10 heteroatoms. The molecule has 0 saturated carbocycles. The van der Waals surface area contributed by atoms with E-state index in [1.807, 2.05) is 20.8 Å². The maximum absolute atomic E-state index is 14.0. The summed E-state index contributed by atoms with van der Waals surface area (Å²) < 4.78 is 26.8. The highest BCUT2D eigenvalue weighted by Crippen LogP contribution is 2.43. The van der Waals surface area contributed by atoms with Crippen LogP contribution in [0.1, 0.15) is 95.4 Å². The average Bonchev–Trinajstić information content (AvgIpc) is 3.52. The van der Waals surface area contributed by atoms with Gasteiger partial charge in [-0.1, -0.05) is 55.4 Å². The van der Waals surface area contributed by atoms with Crippen LogP contribution in [0, 0.1) is 35.0 Å². The van der Waals surface area contributed by atoms with Crippen molar-refractivity contribution in [1.82, 2.24) is 14.5 Å². The summed E-state index contributed by atoms with van der Waals surface area (Å²) in [6.45, 7) is 21.8. The molecule has 0 aliphatic carbocycles. The Bertz CT molecular complexity index is 1230. The van der Waals surface area contributed by atoms with Crippen molar-refractivity contribution >= 4 is 17.8 Å². The van der Waals surface area contributed by atoms with Gasteiger partial charge in [-0.15, -0.1) is 0 Å². The third-order valence-electron chi connectivity index (χ3n) is 10.6. The van der Waals surface area contributed by atoms with Crippen molar-refractivity contribution in [2.75, 3.05) is 14.1 Å². The van der Waals surface area contributed by atoms with Crippen molar-refractivity contribution in [3.05, 3.63) is 30.4 Å². The fraction of sp³-hybridized carbons (Fsp3) is 0.778. The topological polar surface area (TPSA) is 109 Å². The number of hydrogen-bond acceptors (Lipinski definition) is 9. The number of cyclic esters (lactones) is 1. The van der Waals surface area contributed by atoms with E-state index in [0.29, 0.717) is 24.5 Å². The lowest BCUT2D eigenvalue weighted by Crippen LogP contribution is -2.53. The first-order valence-electron chi connectivity index (χ1n) is 17.0. The Labute approximate surface area is 276 Å². The Kier molecular flexibility index (Phi) is 12.5. The van der Waals surface area contributed by atoms with E-state index in [2.05, 4.69) is 65.5 Å². The van der Waals surface area contributed by atoms with Gasteiger partial charge in [0.2, 0.25) is 0 Å². The maximum Gasteiger partial charge on any atom is 0.420 e. The molecular formula is C36H59N3O7. The number of esters is 1. The summed E-state index contributed by atoms with van der Waals surface area (Å²) in [6.07, 6.45) is 5.57. The molecule has 2 aliphatic heterocycles. The van der Waals surface area contributed by atoms with E-state index >= 15 is 0 Å². The maximum atomic E-state index is 14.0. The molecule has 1 aromatic rings. The number of imidazole rings is 1. The van der Waals surface area contributed by atoms with Gasteiger partial charge in [0.15, 0.2) is 17.7 Å². The quantitative estimate of drug-likeness (QED) is 0.331. The van der Waals surface area contributed by atoms with E-state index in [-0.39, 0.29) is 47.6 Å². The van der Waals surface area contributed by atoms with Gasteiger partial charge in [0.05, 0.1) is 18.1 Å². The van der Waals surface area contributed by atoms with Crippen LogP contribution >= 0.6 is 0 Å². The molecule has 11 atom stereocenters. The number of Topliss-reactive ketones (excluding diaryl/α,β-unsaturated/α-hetero) is 1. The molecule has 260 valence electrons. The van der Waals surface area contributed by atoms with Gasteiger partial charge in [-0.2, -0.15) is 0 Å². The molecule has 1 saturated heterocycles. The predicted molar refractivity (Wildman–Crippen MR) is 177 cm³/mol. The number of rotatable bonds is 5. The molecule has 0 bridgehead atoms. The molecule has 10 nitrogen and oxygen atoms in total. The minimum Gasteiger partial charge on any atom is -0.458 e. The van der Waals surface area contributed by atoms with E-state index in [4.69, 9.17) is 18.9 Å². The first kappa shape index (κ1) is 37.9. The summed E-state index contributed by atoms with van der Waals surface area (Å²) in [5.74, 6) is -1.39. The summed E-state index contributed by atoms with van der Waals surface area (Å²) in [7, 11) is 4.19. The normalized spacial score (nSPS) is 39.2. The van der Waals surface area contributed by atoms with Crippen LogP contribution in [0.5, 0.6) is 0 Å². The zero-order valence-corrected chi connectivity index (χ0v) is 30.4. The van der Waals surface area contributed by atoms with Gasteiger partial charge in [-0.25, -0.2) is 14.3 Å². The van der Waals surface area contributed by atoms with Crippen LogP contribution in [0.15, 0.2) is 30.4 Å². The van der Waals surface area contributed by atoms with Gasteiger partial charge in [-0.05, 0) is 83.0 Å². The van der Waals surface area contributed by atoms with E-state index < -0.39 is 35.4 Å². The van der Waals surface area contributed by atoms with E-state index in [0.717, 1.165) is 6.42 Å². The first-order valence-corrected chi connectivity index (χ1v) is 17.0. The highest BCUT2D eigenvalue weighted by Gasteiger charge is 2.47. The van der Waals surface area contributed by atoms with Crippen LogP contribution in [-0.4, -0.2) is 82.6 Å². The number of carbonyl (C=O) groups excluding carboxylic acids is 3. The number of carbonyl (C=O) groups is 3. The van der Waals surface area contributed by atoms with Crippen LogP contribution in [0.25, 0.3) is 0 Å². The average molecular weight is 646 g/mol. The van der Waals surface area contributed by atoms with Gasteiger partial charge in [0, 0.05) is 30.3 Å². The lowest BCUT2D eigenvalue weighted by Gasteiger charge is -2.48. The molecular weight excluding hydrogens is 586 g/mol. The summed E-state index contributed by atoms with van der Waals surface area (Å²) >= 11 is 0. The highest BCUT2D eigenvalue weighted by atomic mass is 16.7. The molecule has 1 fully saturated rings. The van der Waals surface area contributed by atoms with Crippen molar-refractivity contribution in [3.63, 3.8) is 0 Å². The van der Waals surface area contributed by atoms with Crippen LogP contribution in [0.4, 0.5) is 4.79 Å². The second-order valence-corrected chi connectivity index (χ2v) is 15.1. The van der Waals surface area contributed by atoms with Crippen LogP contribution < -0.4 is 0 Å². The van der Waals surface area contributed by atoms with Gasteiger partial charge >= 0.3 is 12.1 Å². The molecule has 0 N–H and O–H groups in total. The minimum absolute atomic E-state index is 0.0355. The van der Waals surface area contributed by atoms with Gasteiger partial charge in [-0.3, -0.25) is 9.59 Å². The Morgan fingerprint density at radius 1 is 1.07 bits per heavy atom. The predicted octanol–water partition coefficient (Wildman–Crippen LogP) is 6.52.